The van der Waals surface area contributed by atoms with Gasteiger partial charge in [0.15, 0.2) is 0 Å². The number of likely N-dealkylation sites (N-methyl/N-ethyl adjacent to an activating group) is 1. The van der Waals surface area contributed by atoms with Gasteiger partial charge in [-0.2, -0.15) is 0 Å². The molecule has 1 amide bonds. The second kappa shape index (κ2) is 7.85. The van der Waals surface area contributed by atoms with E-state index in [0.29, 0.717) is 6.54 Å². The van der Waals surface area contributed by atoms with Gasteiger partial charge in [-0.3, -0.25) is 9.59 Å². The molecule has 0 saturated heterocycles. The predicted molar refractivity (Wildman–Crippen MR) is 82.3 cm³/mol. The number of aliphatic carboxylic acids is 1. The Hall–Kier alpha value is -1.62. The summed E-state index contributed by atoms with van der Waals surface area (Å²) in [7, 11) is 0. The van der Waals surface area contributed by atoms with Gasteiger partial charge in [0.1, 0.15) is 0 Å². The van der Waals surface area contributed by atoms with Crippen molar-refractivity contribution in [3.63, 3.8) is 0 Å². The zero-order valence-electron chi connectivity index (χ0n) is 11.5. The predicted octanol–water partition coefficient (Wildman–Crippen LogP) is 3.17. The highest BCUT2D eigenvalue weighted by atomic mass is 79.9. The zero-order valence-corrected chi connectivity index (χ0v) is 13.1. The Balaban J connectivity index is 2.74. The van der Waals surface area contributed by atoms with Crippen molar-refractivity contribution in [3.05, 3.63) is 40.4 Å². The topological polar surface area (TPSA) is 57.6 Å². The molecule has 1 aromatic rings. The van der Waals surface area contributed by atoms with Gasteiger partial charge in [-0.1, -0.05) is 28.1 Å². The third-order valence-corrected chi connectivity index (χ3v) is 3.39. The number of amides is 1. The second-order valence-corrected chi connectivity index (χ2v) is 5.38. The number of carboxylic acids is 1. The molecule has 1 unspecified atom stereocenters. The Morgan fingerprint density at radius 2 is 2.15 bits per heavy atom. The fourth-order valence-corrected chi connectivity index (χ4v) is 2.34. The van der Waals surface area contributed by atoms with Crippen LogP contribution in [-0.2, 0) is 9.59 Å². The van der Waals surface area contributed by atoms with Crippen molar-refractivity contribution in [2.75, 3.05) is 6.54 Å². The van der Waals surface area contributed by atoms with Crippen LogP contribution in [0.4, 0.5) is 0 Å². The molecule has 0 spiro atoms. The SMILES string of the molecule is CCN(C(=O)C=Cc1cccc(Br)c1)C(C)CC(=O)O. The van der Waals surface area contributed by atoms with Crippen LogP contribution in [0.1, 0.15) is 25.8 Å². The number of rotatable bonds is 6. The summed E-state index contributed by atoms with van der Waals surface area (Å²) in [5, 5.41) is 8.79. The van der Waals surface area contributed by atoms with Crippen LogP contribution < -0.4 is 0 Å². The fraction of sp³-hybridized carbons (Fsp3) is 0.333. The van der Waals surface area contributed by atoms with Gasteiger partial charge in [-0.05, 0) is 37.6 Å². The van der Waals surface area contributed by atoms with E-state index in [0.717, 1.165) is 10.0 Å². The zero-order chi connectivity index (χ0) is 15.1. The van der Waals surface area contributed by atoms with Gasteiger partial charge in [-0.15, -0.1) is 0 Å². The quantitative estimate of drug-likeness (QED) is 0.810. The van der Waals surface area contributed by atoms with Crippen LogP contribution in [0, 0.1) is 0 Å². The van der Waals surface area contributed by atoms with Crippen molar-refractivity contribution in [1.29, 1.82) is 0 Å². The average Bonchev–Trinajstić information content (AvgIpc) is 2.36. The summed E-state index contributed by atoms with van der Waals surface area (Å²) in [4.78, 5) is 24.3. The number of hydrogen-bond donors (Lipinski definition) is 1. The molecule has 0 fully saturated rings. The number of carbonyl (C=O) groups excluding carboxylic acids is 1. The number of carboxylic acid groups (broad SMARTS) is 1. The molecule has 1 rings (SSSR count). The molecule has 0 aliphatic carbocycles. The third-order valence-electron chi connectivity index (χ3n) is 2.89. The highest BCUT2D eigenvalue weighted by Crippen LogP contribution is 2.13. The maximum Gasteiger partial charge on any atom is 0.305 e. The van der Waals surface area contributed by atoms with Crippen molar-refractivity contribution in [3.8, 4) is 0 Å². The van der Waals surface area contributed by atoms with Crippen LogP contribution in [0.15, 0.2) is 34.8 Å². The van der Waals surface area contributed by atoms with E-state index in [1.54, 1.807) is 17.9 Å². The molecule has 0 aromatic heterocycles. The number of carbonyl (C=O) groups is 2. The summed E-state index contributed by atoms with van der Waals surface area (Å²) in [5.41, 5.74) is 0.912. The van der Waals surface area contributed by atoms with Gasteiger partial charge in [0.25, 0.3) is 0 Å². The summed E-state index contributed by atoms with van der Waals surface area (Å²) in [6.45, 7) is 4.06. The number of nitrogens with zero attached hydrogens (tertiary/aromatic N) is 1. The van der Waals surface area contributed by atoms with Crippen molar-refractivity contribution in [2.45, 2.75) is 26.3 Å². The Bertz CT molecular complexity index is 514. The minimum absolute atomic E-state index is 0.0513. The maximum absolute atomic E-state index is 12.1. The first-order chi connectivity index (χ1) is 9.43. The lowest BCUT2D eigenvalue weighted by atomic mass is 10.1. The van der Waals surface area contributed by atoms with Crippen molar-refractivity contribution in [1.82, 2.24) is 4.90 Å². The Morgan fingerprint density at radius 1 is 1.45 bits per heavy atom. The van der Waals surface area contributed by atoms with E-state index < -0.39 is 5.97 Å². The van der Waals surface area contributed by atoms with Crippen LogP contribution in [-0.4, -0.2) is 34.5 Å². The van der Waals surface area contributed by atoms with Gasteiger partial charge >= 0.3 is 5.97 Å². The van der Waals surface area contributed by atoms with Crippen LogP contribution in [0.5, 0.6) is 0 Å². The van der Waals surface area contributed by atoms with Crippen molar-refractivity contribution in [2.24, 2.45) is 0 Å². The maximum atomic E-state index is 12.1. The van der Waals surface area contributed by atoms with E-state index in [1.807, 2.05) is 31.2 Å². The number of hydrogen-bond acceptors (Lipinski definition) is 2. The monoisotopic (exact) mass is 339 g/mol. The third kappa shape index (κ3) is 5.17. The largest absolute Gasteiger partial charge is 0.481 e. The van der Waals surface area contributed by atoms with Crippen molar-refractivity contribution >= 4 is 33.9 Å². The minimum atomic E-state index is -0.903. The van der Waals surface area contributed by atoms with E-state index in [1.165, 1.54) is 6.08 Å². The highest BCUT2D eigenvalue weighted by Gasteiger charge is 2.18. The lowest BCUT2D eigenvalue weighted by molar-refractivity contribution is -0.139. The van der Waals surface area contributed by atoms with Crippen LogP contribution in [0.2, 0.25) is 0 Å². The fourth-order valence-electron chi connectivity index (χ4n) is 1.92. The van der Waals surface area contributed by atoms with Gasteiger partial charge in [0.2, 0.25) is 5.91 Å². The molecule has 1 aromatic carbocycles. The standard InChI is InChI=1S/C15H18BrNO3/c1-3-17(11(2)9-15(19)20)14(18)8-7-12-5-4-6-13(16)10-12/h4-8,10-11H,3,9H2,1-2H3,(H,19,20). The van der Waals surface area contributed by atoms with Gasteiger partial charge in [0, 0.05) is 23.1 Å². The molecule has 0 heterocycles. The molecule has 108 valence electrons. The normalized spacial score (nSPS) is 12.3. The van der Waals surface area contributed by atoms with Crippen LogP contribution in [0.3, 0.4) is 0 Å². The molecular formula is C15H18BrNO3. The molecule has 0 aliphatic heterocycles. The molecule has 5 heteroatoms. The van der Waals surface area contributed by atoms with Gasteiger partial charge in [0.05, 0.1) is 6.42 Å². The molecule has 0 radical (unpaired) electrons. The summed E-state index contributed by atoms with van der Waals surface area (Å²) in [6.07, 6.45) is 3.15. The molecule has 1 N–H and O–H groups in total. The van der Waals surface area contributed by atoms with Crippen LogP contribution in [0.25, 0.3) is 6.08 Å². The Morgan fingerprint density at radius 3 is 2.70 bits per heavy atom. The summed E-state index contributed by atoms with van der Waals surface area (Å²) in [6, 6.07) is 7.27. The molecular weight excluding hydrogens is 322 g/mol. The Labute approximate surface area is 127 Å². The van der Waals surface area contributed by atoms with E-state index in [9.17, 15) is 9.59 Å². The van der Waals surface area contributed by atoms with E-state index in [4.69, 9.17) is 5.11 Å². The lowest BCUT2D eigenvalue weighted by Gasteiger charge is -2.25. The molecule has 1 atom stereocenters. The van der Waals surface area contributed by atoms with Gasteiger partial charge < -0.3 is 10.0 Å². The summed E-state index contributed by atoms with van der Waals surface area (Å²) >= 11 is 3.37. The molecule has 4 nitrogen and oxygen atoms in total. The number of halogens is 1. The lowest BCUT2D eigenvalue weighted by Crippen LogP contribution is -2.38. The molecule has 20 heavy (non-hydrogen) atoms. The first-order valence-electron chi connectivity index (χ1n) is 6.40. The van der Waals surface area contributed by atoms with E-state index in [-0.39, 0.29) is 18.4 Å². The van der Waals surface area contributed by atoms with Gasteiger partial charge in [-0.25, -0.2) is 0 Å². The Kier molecular flexibility index (Phi) is 6.45. The van der Waals surface area contributed by atoms with Crippen molar-refractivity contribution < 1.29 is 14.7 Å². The summed E-state index contributed by atoms with van der Waals surface area (Å²) in [5.74, 6) is -1.08. The highest BCUT2D eigenvalue weighted by molar-refractivity contribution is 9.10. The molecule has 0 saturated carbocycles. The first-order valence-corrected chi connectivity index (χ1v) is 7.19. The van der Waals surface area contributed by atoms with E-state index >= 15 is 0 Å². The first kappa shape index (κ1) is 16.4. The summed E-state index contributed by atoms with van der Waals surface area (Å²) < 4.78 is 0.943. The second-order valence-electron chi connectivity index (χ2n) is 4.46. The minimum Gasteiger partial charge on any atom is -0.481 e. The van der Waals surface area contributed by atoms with Crippen LogP contribution >= 0.6 is 15.9 Å². The number of benzene rings is 1. The molecule has 0 aliphatic rings. The van der Waals surface area contributed by atoms with E-state index in [2.05, 4.69) is 15.9 Å². The smallest absolute Gasteiger partial charge is 0.305 e. The average molecular weight is 340 g/mol. The molecule has 0 bridgehead atoms.